The molecule has 1 rings (SSSR count). The van der Waals surface area contributed by atoms with Crippen molar-refractivity contribution >= 4 is 21.8 Å². The van der Waals surface area contributed by atoms with Crippen LogP contribution in [-0.2, 0) is 11.3 Å². The monoisotopic (exact) mass is 428 g/mol. The molecule has 0 aliphatic carbocycles. The minimum atomic E-state index is -0.281. The first-order valence-electron chi connectivity index (χ1n) is 9.36. The van der Waals surface area contributed by atoms with Crippen molar-refractivity contribution in [3.05, 3.63) is 22.2 Å². The Kier molecular flexibility index (Phi) is 10.0. The van der Waals surface area contributed by atoms with Gasteiger partial charge in [0.1, 0.15) is 0 Å². The first-order valence-corrected chi connectivity index (χ1v) is 10.2. The standard InChI is InChI=1S/C20H33BrN2O3/c1-6-8-9-10-22-13-15-11-17(25-7-2)18(12-16(15)21)26-14-19(24)23-20(3,4)5/h11-12,22H,6-10,13-14H2,1-5H3,(H,23,24). The zero-order valence-electron chi connectivity index (χ0n) is 16.7. The van der Waals surface area contributed by atoms with E-state index in [1.165, 1.54) is 19.3 Å². The third-order valence-corrected chi connectivity index (χ3v) is 4.30. The van der Waals surface area contributed by atoms with E-state index in [4.69, 9.17) is 9.47 Å². The SMILES string of the molecule is CCCCCNCc1cc(OCC)c(OCC(=O)NC(C)(C)C)cc1Br. The number of carbonyl (C=O) groups excluding carboxylic acids is 1. The summed E-state index contributed by atoms with van der Waals surface area (Å²) in [6.45, 7) is 12.2. The minimum Gasteiger partial charge on any atom is -0.490 e. The average molecular weight is 429 g/mol. The Bertz CT molecular complexity index is 571. The summed E-state index contributed by atoms with van der Waals surface area (Å²) in [6.07, 6.45) is 3.63. The molecule has 0 atom stereocenters. The van der Waals surface area contributed by atoms with Gasteiger partial charge in [-0.15, -0.1) is 0 Å². The molecule has 0 aromatic heterocycles. The summed E-state index contributed by atoms with van der Waals surface area (Å²) in [5, 5.41) is 6.34. The lowest BCUT2D eigenvalue weighted by atomic mass is 10.1. The maximum absolute atomic E-state index is 12.0. The highest BCUT2D eigenvalue weighted by Gasteiger charge is 2.16. The molecule has 1 aromatic rings. The lowest BCUT2D eigenvalue weighted by Crippen LogP contribution is -2.43. The zero-order chi connectivity index (χ0) is 19.6. The topological polar surface area (TPSA) is 59.6 Å². The van der Waals surface area contributed by atoms with Crippen LogP contribution in [0.25, 0.3) is 0 Å². The molecule has 2 N–H and O–H groups in total. The molecule has 6 heteroatoms. The normalized spacial score (nSPS) is 11.3. The molecule has 5 nitrogen and oxygen atoms in total. The molecule has 0 aliphatic heterocycles. The summed E-state index contributed by atoms with van der Waals surface area (Å²) < 4.78 is 12.3. The van der Waals surface area contributed by atoms with Gasteiger partial charge in [0.05, 0.1) is 6.61 Å². The van der Waals surface area contributed by atoms with Gasteiger partial charge in [0, 0.05) is 16.6 Å². The number of hydrogen-bond acceptors (Lipinski definition) is 4. The van der Waals surface area contributed by atoms with Crippen molar-refractivity contribution in [2.24, 2.45) is 0 Å². The molecule has 0 unspecified atom stereocenters. The van der Waals surface area contributed by atoms with Crippen LogP contribution in [0.2, 0.25) is 0 Å². The Morgan fingerprint density at radius 3 is 2.42 bits per heavy atom. The van der Waals surface area contributed by atoms with E-state index in [0.29, 0.717) is 18.1 Å². The van der Waals surface area contributed by atoms with Crippen LogP contribution in [0.5, 0.6) is 11.5 Å². The van der Waals surface area contributed by atoms with Gasteiger partial charge in [0.2, 0.25) is 0 Å². The van der Waals surface area contributed by atoms with Gasteiger partial charge < -0.3 is 20.1 Å². The van der Waals surface area contributed by atoms with E-state index in [9.17, 15) is 4.79 Å². The molecular formula is C20H33BrN2O3. The number of nitrogens with one attached hydrogen (secondary N) is 2. The lowest BCUT2D eigenvalue weighted by molar-refractivity contribution is -0.124. The predicted octanol–water partition coefficient (Wildman–Crippen LogP) is 4.42. The van der Waals surface area contributed by atoms with Gasteiger partial charge in [-0.3, -0.25) is 4.79 Å². The van der Waals surface area contributed by atoms with Crippen molar-refractivity contribution in [2.45, 2.75) is 66.0 Å². The fourth-order valence-corrected chi connectivity index (χ4v) is 2.88. The number of halogens is 1. The third-order valence-electron chi connectivity index (χ3n) is 3.56. The molecule has 148 valence electrons. The molecule has 0 heterocycles. The largest absolute Gasteiger partial charge is 0.490 e. The summed E-state index contributed by atoms with van der Waals surface area (Å²) >= 11 is 3.60. The highest BCUT2D eigenvalue weighted by molar-refractivity contribution is 9.10. The molecular weight excluding hydrogens is 396 g/mol. The number of benzene rings is 1. The van der Waals surface area contributed by atoms with Crippen LogP contribution in [0.4, 0.5) is 0 Å². The van der Waals surface area contributed by atoms with Gasteiger partial charge in [-0.05, 0) is 58.4 Å². The third kappa shape index (κ3) is 8.90. The van der Waals surface area contributed by atoms with Gasteiger partial charge in [-0.1, -0.05) is 35.7 Å². The van der Waals surface area contributed by atoms with E-state index in [2.05, 4.69) is 33.5 Å². The Morgan fingerprint density at radius 1 is 1.12 bits per heavy atom. The quantitative estimate of drug-likeness (QED) is 0.512. The van der Waals surface area contributed by atoms with E-state index in [-0.39, 0.29) is 18.1 Å². The fourth-order valence-electron chi connectivity index (χ4n) is 2.41. The summed E-state index contributed by atoms with van der Waals surface area (Å²) in [5.41, 5.74) is 0.827. The number of unbranched alkanes of at least 4 members (excludes halogenated alkanes) is 2. The van der Waals surface area contributed by atoms with E-state index in [0.717, 1.165) is 23.1 Å². The van der Waals surface area contributed by atoms with Crippen LogP contribution < -0.4 is 20.1 Å². The fraction of sp³-hybridized carbons (Fsp3) is 0.650. The zero-order valence-corrected chi connectivity index (χ0v) is 18.3. The van der Waals surface area contributed by atoms with Crippen LogP contribution >= 0.6 is 15.9 Å². The average Bonchev–Trinajstić information content (AvgIpc) is 2.54. The van der Waals surface area contributed by atoms with E-state index < -0.39 is 0 Å². The second-order valence-electron chi connectivity index (χ2n) is 7.29. The predicted molar refractivity (Wildman–Crippen MR) is 110 cm³/mol. The van der Waals surface area contributed by atoms with Gasteiger partial charge in [0.15, 0.2) is 18.1 Å². The van der Waals surface area contributed by atoms with Crippen molar-refractivity contribution in [1.82, 2.24) is 10.6 Å². The number of rotatable bonds is 11. The first-order chi connectivity index (χ1) is 12.3. The maximum atomic E-state index is 12.0. The number of hydrogen-bond donors (Lipinski definition) is 2. The van der Waals surface area contributed by atoms with Crippen LogP contribution in [-0.4, -0.2) is 31.2 Å². The summed E-state index contributed by atoms with van der Waals surface area (Å²) in [5.74, 6) is 1.07. The Balaban J connectivity index is 2.73. The van der Waals surface area contributed by atoms with E-state index in [1.54, 1.807) is 0 Å². The molecule has 0 saturated carbocycles. The number of ether oxygens (including phenoxy) is 2. The van der Waals surface area contributed by atoms with Crippen molar-refractivity contribution in [3.63, 3.8) is 0 Å². The molecule has 0 radical (unpaired) electrons. The van der Waals surface area contributed by atoms with Crippen LogP contribution in [0.1, 0.15) is 59.4 Å². The number of amides is 1. The van der Waals surface area contributed by atoms with Crippen LogP contribution in [0.3, 0.4) is 0 Å². The molecule has 0 saturated heterocycles. The van der Waals surface area contributed by atoms with Gasteiger partial charge in [-0.25, -0.2) is 0 Å². The first kappa shape index (κ1) is 22.8. The van der Waals surface area contributed by atoms with Crippen molar-refractivity contribution in [1.29, 1.82) is 0 Å². The Morgan fingerprint density at radius 2 is 1.81 bits per heavy atom. The van der Waals surface area contributed by atoms with Crippen molar-refractivity contribution in [3.8, 4) is 11.5 Å². The summed E-state index contributed by atoms with van der Waals surface area (Å²) in [6, 6.07) is 3.84. The maximum Gasteiger partial charge on any atom is 0.258 e. The highest BCUT2D eigenvalue weighted by atomic mass is 79.9. The molecule has 0 aliphatic rings. The molecule has 1 amide bonds. The Hall–Kier alpha value is -1.27. The smallest absolute Gasteiger partial charge is 0.258 e. The van der Waals surface area contributed by atoms with Crippen LogP contribution in [0.15, 0.2) is 16.6 Å². The molecule has 1 aromatic carbocycles. The van der Waals surface area contributed by atoms with Gasteiger partial charge in [0.25, 0.3) is 5.91 Å². The molecule has 0 spiro atoms. The molecule has 26 heavy (non-hydrogen) atoms. The van der Waals surface area contributed by atoms with Gasteiger partial charge >= 0.3 is 0 Å². The second kappa shape index (κ2) is 11.4. The Labute approximate surface area is 166 Å². The number of carbonyl (C=O) groups is 1. The lowest BCUT2D eigenvalue weighted by Gasteiger charge is -2.21. The molecule has 0 fully saturated rings. The van der Waals surface area contributed by atoms with Crippen molar-refractivity contribution < 1.29 is 14.3 Å². The van der Waals surface area contributed by atoms with Gasteiger partial charge in [-0.2, -0.15) is 0 Å². The van der Waals surface area contributed by atoms with Crippen LogP contribution in [0, 0.1) is 0 Å². The summed E-state index contributed by atoms with van der Waals surface area (Å²) in [7, 11) is 0. The van der Waals surface area contributed by atoms with E-state index >= 15 is 0 Å². The minimum absolute atomic E-state index is 0.0433. The van der Waals surface area contributed by atoms with Crippen molar-refractivity contribution in [2.75, 3.05) is 19.8 Å². The summed E-state index contributed by atoms with van der Waals surface area (Å²) in [4.78, 5) is 12.0. The second-order valence-corrected chi connectivity index (χ2v) is 8.15. The van der Waals surface area contributed by atoms with E-state index in [1.807, 2.05) is 39.8 Å². The molecule has 0 bridgehead atoms. The highest BCUT2D eigenvalue weighted by Crippen LogP contribution is 2.34.